The van der Waals surface area contributed by atoms with Gasteiger partial charge in [0.15, 0.2) is 5.65 Å². The lowest BCUT2D eigenvalue weighted by Gasteiger charge is -2.20. The molecule has 0 radical (unpaired) electrons. The number of hydrogen-bond donors (Lipinski definition) is 0. The van der Waals surface area contributed by atoms with Gasteiger partial charge in [-0.3, -0.25) is 18.7 Å². The van der Waals surface area contributed by atoms with Gasteiger partial charge in [0.25, 0.3) is 5.56 Å². The van der Waals surface area contributed by atoms with E-state index in [9.17, 15) is 14.4 Å². The molecule has 27 heavy (non-hydrogen) atoms. The zero-order valence-electron chi connectivity index (χ0n) is 17.0. The summed E-state index contributed by atoms with van der Waals surface area (Å²) in [5, 5.41) is 0.701. The maximum Gasteiger partial charge on any atom is 0.332 e. The van der Waals surface area contributed by atoms with Gasteiger partial charge in [0, 0.05) is 32.6 Å². The largest absolute Gasteiger partial charge is 0.343 e. The Kier molecular flexibility index (Phi) is 6.14. The molecule has 0 atom stereocenters. The van der Waals surface area contributed by atoms with Crippen LogP contribution in [0.4, 0.5) is 0 Å². The molecule has 0 saturated heterocycles. The molecule has 0 unspecified atom stereocenters. The minimum absolute atomic E-state index is 0.0179. The van der Waals surface area contributed by atoms with E-state index in [4.69, 9.17) is 0 Å². The van der Waals surface area contributed by atoms with Crippen molar-refractivity contribution < 1.29 is 4.79 Å². The average Bonchev–Trinajstić information content (AvgIpc) is 2.62. The van der Waals surface area contributed by atoms with Crippen molar-refractivity contribution in [3.05, 3.63) is 26.7 Å². The molecule has 0 fully saturated rings. The first-order valence-corrected chi connectivity index (χ1v) is 9.90. The first-order chi connectivity index (χ1) is 12.5. The number of aromatic nitrogens is 4. The molecule has 2 aromatic rings. The average molecular weight is 394 g/mol. The Morgan fingerprint density at radius 1 is 1.07 bits per heavy atom. The summed E-state index contributed by atoms with van der Waals surface area (Å²) in [6.45, 7) is 11.0. The number of carbonyl (C=O) groups excluding carboxylic acids is 1. The minimum Gasteiger partial charge on any atom is -0.343 e. The van der Waals surface area contributed by atoms with Crippen molar-refractivity contribution in [1.29, 1.82) is 0 Å². The standard InChI is InChI=1S/C18H27N5O3S/c1-8-23(9-2)11(24)10-27-14-12-13(19-16(20-14)18(3,4)5)21(6)17(26)22(7)15(12)25/h8-10H2,1-7H3. The second-order valence-corrected chi connectivity index (χ2v) is 8.33. The highest BCUT2D eigenvalue weighted by molar-refractivity contribution is 8.00. The van der Waals surface area contributed by atoms with Crippen molar-refractivity contribution in [3.8, 4) is 0 Å². The minimum atomic E-state index is -0.452. The Hall–Kier alpha value is -2.16. The molecule has 0 spiro atoms. The molecular weight excluding hydrogens is 366 g/mol. The fourth-order valence-corrected chi connectivity index (χ4v) is 3.58. The molecule has 0 bridgehead atoms. The van der Waals surface area contributed by atoms with Crippen LogP contribution in [0.25, 0.3) is 11.0 Å². The van der Waals surface area contributed by atoms with Crippen molar-refractivity contribution in [2.24, 2.45) is 14.1 Å². The number of aryl methyl sites for hydroxylation is 1. The van der Waals surface area contributed by atoms with E-state index in [2.05, 4.69) is 9.97 Å². The predicted molar refractivity (Wildman–Crippen MR) is 107 cm³/mol. The summed E-state index contributed by atoms with van der Waals surface area (Å²) in [6.07, 6.45) is 0. The van der Waals surface area contributed by atoms with Crippen LogP contribution >= 0.6 is 11.8 Å². The Morgan fingerprint density at radius 2 is 1.67 bits per heavy atom. The third-order valence-electron chi connectivity index (χ3n) is 4.39. The van der Waals surface area contributed by atoms with E-state index in [-0.39, 0.29) is 22.5 Å². The van der Waals surface area contributed by atoms with Crippen molar-refractivity contribution in [1.82, 2.24) is 24.0 Å². The number of hydrogen-bond acceptors (Lipinski definition) is 6. The molecule has 0 aliphatic carbocycles. The van der Waals surface area contributed by atoms with E-state index in [1.807, 2.05) is 34.6 Å². The zero-order chi connectivity index (χ0) is 20.5. The highest BCUT2D eigenvalue weighted by Crippen LogP contribution is 2.27. The Balaban J connectivity index is 2.68. The topological polar surface area (TPSA) is 90.1 Å². The normalized spacial score (nSPS) is 11.8. The van der Waals surface area contributed by atoms with Gasteiger partial charge in [0.2, 0.25) is 5.91 Å². The summed E-state index contributed by atoms with van der Waals surface area (Å²) in [5.74, 6) is 0.676. The van der Waals surface area contributed by atoms with Gasteiger partial charge in [0.1, 0.15) is 16.2 Å². The number of carbonyl (C=O) groups is 1. The fourth-order valence-electron chi connectivity index (χ4n) is 2.67. The van der Waals surface area contributed by atoms with Gasteiger partial charge in [-0.05, 0) is 13.8 Å². The van der Waals surface area contributed by atoms with Crippen LogP contribution < -0.4 is 11.2 Å². The van der Waals surface area contributed by atoms with Crippen LogP contribution in [0.2, 0.25) is 0 Å². The molecule has 0 saturated carbocycles. The Bertz CT molecular complexity index is 984. The quantitative estimate of drug-likeness (QED) is 0.562. The van der Waals surface area contributed by atoms with E-state index < -0.39 is 11.2 Å². The fraction of sp³-hybridized carbons (Fsp3) is 0.611. The highest BCUT2D eigenvalue weighted by Gasteiger charge is 2.24. The summed E-state index contributed by atoms with van der Waals surface area (Å²) in [4.78, 5) is 48.2. The lowest BCUT2D eigenvalue weighted by molar-refractivity contribution is -0.127. The van der Waals surface area contributed by atoms with Crippen LogP contribution in [0, 0.1) is 0 Å². The lowest BCUT2D eigenvalue weighted by atomic mass is 9.96. The van der Waals surface area contributed by atoms with Crippen molar-refractivity contribution in [2.75, 3.05) is 18.8 Å². The van der Waals surface area contributed by atoms with Gasteiger partial charge < -0.3 is 4.90 Å². The number of thioether (sulfide) groups is 1. The summed E-state index contributed by atoms with van der Waals surface area (Å²) in [6, 6.07) is 0. The Morgan fingerprint density at radius 3 is 2.19 bits per heavy atom. The molecule has 2 aromatic heterocycles. The molecule has 0 N–H and O–H groups in total. The van der Waals surface area contributed by atoms with Crippen LogP contribution in [-0.2, 0) is 24.3 Å². The Labute approximate surface area is 162 Å². The van der Waals surface area contributed by atoms with Crippen molar-refractivity contribution in [2.45, 2.75) is 45.1 Å². The molecule has 1 amide bonds. The number of rotatable bonds is 5. The maximum absolute atomic E-state index is 12.7. The third kappa shape index (κ3) is 4.07. The van der Waals surface area contributed by atoms with Gasteiger partial charge in [-0.15, -0.1) is 0 Å². The zero-order valence-corrected chi connectivity index (χ0v) is 17.8. The van der Waals surface area contributed by atoms with E-state index in [1.165, 1.54) is 23.4 Å². The van der Waals surface area contributed by atoms with Gasteiger partial charge >= 0.3 is 5.69 Å². The summed E-state index contributed by atoms with van der Waals surface area (Å²) in [5.41, 5.74) is -0.975. The third-order valence-corrected chi connectivity index (χ3v) is 5.35. The molecular formula is C18H27N5O3S. The van der Waals surface area contributed by atoms with Crippen molar-refractivity contribution >= 4 is 28.7 Å². The molecule has 0 aliphatic heterocycles. The highest BCUT2D eigenvalue weighted by atomic mass is 32.2. The molecule has 0 aliphatic rings. The van der Waals surface area contributed by atoms with Gasteiger partial charge in [0.05, 0.1) is 5.75 Å². The molecule has 2 rings (SSSR count). The SMILES string of the molecule is CCN(CC)C(=O)CSc1nc(C(C)(C)C)nc2c1c(=O)n(C)c(=O)n2C. The number of fused-ring (bicyclic) bond motifs is 1. The molecule has 0 aromatic carbocycles. The van der Waals surface area contributed by atoms with Crippen LogP contribution in [-0.4, -0.2) is 48.8 Å². The van der Waals surface area contributed by atoms with Gasteiger partial charge in [-0.2, -0.15) is 0 Å². The summed E-state index contributed by atoms with van der Waals surface area (Å²) < 4.78 is 2.39. The first kappa shape index (κ1) is 21.1. The second-order valence-electron chi connectivity index (χ2n) is 7.36. The van der Waals surface area contributed by atoms with E-state index in [0.717, 1.165) is 4.57 Å². The lowest BCUT2D eigenvalue weighted by Crippen LogP contribution is -2.38. The first-order valence-electron chi connectivity index (χ1n) is 8.91. The van der Waals surface area contributed by atoms with E-state index >= 15 is 0 Å². The summed E-state index contributed by atoms with van der Waals surface area (Å²) in [7, 11) is 3.01. The summed E-state index contributed by atoms with van der Waals surface area (Å²) >= 11 is 1.21. The predicted octanol–water partition coefficient (Wildman–Crippen LogP) is 1.29. The number of nitrogens with zero attached hydrogens (tertiary/aromatic N) is 5. The second kappa shape index (κ2) is 7.84. The maximum atomic E-state index is 12.7. The smallest absolute Gasteiger partial charge is 0.332 e. The van der Waals surface area contributed by atoms with Crippen LogP contribution in [0.5, 0.6) is 0 Å². The van der Waals surface area contributed by atoms with E-state index in [1.54, 1.807) is 11.9 Å². The van der Waals surface area contributed by atoms with Crippen LogP contribution in [0.3, 0.4) is 0 Å². The van der Waals surface area contributed by atoms with Crippen LogP contribution in [0.1, 0.15) is 40.4 Å². The molecule has 8 nitrogen and oxygen atoms in total. The van der Waals surface area contributed by atoms with Gasteiger partial charge in [-0.1, -0.05) is 32.5 Å². The molecule has 2 heterocycles. The number of amides is 1. The van der Waals surface area contributed by atoms with Crippen molar-refractivity contribution in [3.63, 3.8) is 0 Å². The molecule has 9 heteroatoms. The monoisotopic (exact) mass is 393 g/mol. The molecule has 148 valence electrons. The van der Waals surface area contributed by atoms with Gasteiger partial charge in [-0.25, -0.2) is 14.8 Å². The van der Waals surface area contributed by atoms with E-state index in [0.29, 0.717) is 29.6 Å². The van der Waals surface area contributed by atoms with Crippen LogP contribution in [0.15, 0.2) is 14.6 Å².